The molecule has 0 aliphatic carbocycles. The molecule has 5 nitrogen and oxygen atoms in total. The molecule has 0 fully saturated rings. The van der Waals surface area contributed by atoms with E-state index in [0.29, 0.717) is 33.0 Å². The molecule has 0 saturated carbocycles. The molecule has 2 rings (SSSR count). The average molecular weight is 342 g/mol. The minimum absolute atomic E-state index is 0.276. The number of aromatic carboxylic acids is 1. The van der Waals surface area contributed by atoms with Crippen molar-refractivity contribution in [3.05, 3.63) is 66.7 Å². The summed E-state index contributed by atoms with van der Waals surface area (Å²) in [4.78, 5) is 10.9. The van der Waals surface area contributed by atoms with Crippen molar-refractivity contribution in [3.8, 4) is 16.9 Å². The van der Waals surface area contributed by atoms with Crippen molar-refractivity contribution in [2.45, 2.75) is 0 Å². The molecule has 0 atom stereocenters. The number of hydrogen-bond acceptors (Lipinski definition) is 4. The minimum Gasteiger partial charge on any atom is -0.491 e. The Morgan fingerprint density at radius 3 is 2.04 bits per heavy atom. The number of carbonyl (C=O) groups is 1. The van der Waals surface area contributed by atoms with Gasteiger partial charge in [0, 0.05) is 0 Å². The summed E-state index contributed by atoms with van der Waals surface area (Å²) in [5.41, 5.74) is 2.23. The Labute approximate surface area is 147 Å². The van der Waals surface area contributed by atoms with Gasteiger partial charge in [-0.15, -0.1) is 6.58 Å². The molecule has 0 bridgehead atoms. The minimum atomic E-state index is -0.926. The van der Waals surface area contributed by atoms with Gasteiger partial charge in [0.25, 0.3) is 0 Å². The number of rotatable bonds is 11. The molecule has 0 heterocycles. The smallest absolute Gasteiger partial charge is 0.335 e. The van der Waals surface area contributed by atoms with Crippen LogP contribution in [0, 0.1) is 0 Å². The van der Waals surface area contributed by atoms with E-state index in [1.54, 1.807) is 30.3 Å². The van der Waals surface area contributed by atoms with Crippen molar-refractivity contribution in [2.24, 2.45) is 0 Å². The Bertz CT molecular complexity index is 661. The van der Waals surface area contributed by atoms with Gasteiger partial charge in [0.15, 0.2) is 0 Å². The van der Waals surface area contributed by atoms with Crippen LogP contribution >= 0.6 is 0 Å². The van der Waals surface area contributed by atoms with Crippen LogP contribution in [0.5, 0.6) is 5.75 Å². The van der Waals surface area contributed by atoms with E-state index < -0.39 is 5.97 Å². The van der Waals surface area contributed by atoms with Crippen molar-refractivity contribution in [2.75, 3.05) is 33.0 Å². The zero-order chi connectivity index (χ0) is 17.9. The monoisotopic (exact) mass is 342 g/mol. The first kappa shape index (κ1) is 18.7. The van der Waals surface area contributed by atoms with Crippen molar-refractivity contribution >= 4 is 5.97 Å². The predicted octanol–water partition coefficient (Wildman–Crippen LogP) is 3.65. The summed E-state index contributed by atoms with van der Waals surface area (Å²) in [5.74, 6) is -0.165. The molecule has 0 unspecified atom stereocenters. The lowest BCUT2D eigenvalue weighted by Gasteiger charge is -2.08. The molecule has 2 aromatic rings. The highest BCUT2D eigenvalue weighted by Crippen LogP contribution is 2.22. The molecule has 25 heavy (non-hydrogen) atoms. The first-order valence-corrected chi connectivity index (χ1v) is 8.03. The fourth-order valence-corrected chi connectivity index (χ4v) is 2.15. The van der Waals surface area contributed by atoms with Gasteiger partial charge in [0.2, 0.25) is 0 Å². The fraction of sp³-hybridized carbons (Fsp3) is 0.250. The third-order valence-electron chi connectivity index (χ3n) is 3.42. The van der Waals surface area contributed by atoms with Crippen molar-refractivity contribution in [1.82, 2.24) is 0 Å². The summed E-state index contributed by atoms with van der Waals surface area (Å²) in [5, 5.41) is 8.92. The van der Waals surface area contributed by atoms with Gasteiger partial charge in [-0.1, -0.05) is 30.3 Å². The molecule has 0 saturated heterocycles. The summed E-state index contributed by atoms with van der Waals surface area (Å²) in [6.07, 6.45) is 1.70. The molecular weight excluding hydrogens is 320 g/mol. The summed E-state index contributed by atoms with van der Waals surface area (Å²) >= 11 is 0. The number of carboxylic acids is 1. The molecule has 0 aliphatic heterocycles. The number of carboxylic acid groups (broad SMARTS) is 1. The highest BCUT2D eigenvalue weighted by molar-refractivity contribution is 5.88. The second-order valence-corrected chi connectivity index (χ2v) is 5.23. The number of hydrogen-bond donors (Lipinski definition) is 1. The lowest BCUT2D eigenvalue weighted by atomic mass is 10.0. The van der Waals surface area contributed by atoms with Gasteiger partial charge in [-0.3, -0.25) is 0 Å². The van der Waals surface area contributed by atoms with Crippen LogP contribution in [-0.4, -0.2) is 44.1 Å². The second kappa shape index (κ2) is 10.3. The Morgan fingerprint density at radius 2 is 1.44 bits per heavy atom. The summed E-state index contributed by atoms with van der Waals surface area (Å²) in [6.45, 7) is 6.14. The first-order valence-electron chi connectivity index (χ1n) is 8.03. The largest absolute Gasteiger partial charge is 0.491 e. The molecule has 132 valence electrons. The van der Waals surface area contributed by atoms with E-state index in [1.807, 2.05) is 24.3 Å². The van der Waals surface area contributed by atoms with Crippen LogP contribution in [0.4, 0.5) is 0 Å². The molecule has 0 aromatic heterocycles. The molecule has 1 N–H and O–H groups in total. The van der Waals surface area contributed by atoms with E-state index >= 15 is 0 Å². The highest BCUT2D eigenvalue weighted by atomic mass is 16.5. The summed E-state index contributed by atoms with van der Waals surface area (Å²) in [7, 11) is 0. The van der Waals surface area contributed by atoms with Crippen molar-refractivity contribution in [1.29, 1.82) is 0 Å². The standard InChI is InChI=1S/C20H22O5/c1-2-11-23-12-13-24-14-15-25-19-9-7-17(8-10-19)16-3-5-18(6-4-16)20(21)22/h2-10H,1,11-15H2,(H,21,22). The summed E-state index contributed by atoms with van der Waals surface area (Å²) < 4.78 is 16.2. The van der Waals surface area contributed by atoms with E-state index in [1.165, 1.54) is 0 Å². The third kappa shape index (κ3) is 6.41. The number of benzene rings is 2. The Balaban J connectivity index is 1.74. The maximum atomic E-state index is 10.9. The second-order valence-electron chi connectivity index (χ2n) is 5.23. The molecule has 5 heteroatoms. The Kier molecular flexibility index (Phi) is 7.69. The van der Waals surface area contributed by atoms with Gasteiger partial charge in [0.1, 0.15) is 12.4 Å². The normalized spacial score (nSPS) is 10.4. The Hall–Kier alpha value is -2.63. The molecular formula is C20H22O5. The topological polar surface area (TPSA) is 65.0 Å². The van der Waals surface area contributed by atoms with E-state index in [4.69, 9.17) is 19.3 Å². The summed E-state index contributed by atoms with van der Waals surface area (Å²) in [6, 6.07) is 14.4. The third-order valence-corrected chi connectivity index (χ3v) is 3.42. The zero-order valence-electron chi connectivity index (χ0n) is 14.0. The van der Waals surface area contributed by atoms with Crippen LogP contribution in [0.2, 0.25) is 0 Å². The number of ether oxygens (including phenoxy) is 3. The molecule has 0 radical (unpaired) electrons. The predicted molar refractivity (Wildman–Crippen MR) is 96.2 cm³/mol. The van der Waals surface area contributed by atoms with Crippen molar-refractivity contribution in [3.63, 3.8) is 0 Å². The molecule has 2 aromatic carbocycles. The van der Waals surface area contributed by atoms with Crippen LogP contribution < -0.4 is 4.74 Å². The van der Waals surface area contributed by atoms with Crippen LogP contribution in [0.15, 0.2) is 61.2 Å². The first-order chi connectivity index (χ1) is 12.2. The van der Waals surface area contributed by atoms with Gasteiger partial charge in [-0.25, -0.2) is 4.79 Å². The average Bonchev–Trinajstić information content (AvgIpc) is 2.64. The maximum Gasteiger partial charge on any atom is 0.335 e. The van der Waals surface area contributed by atoms with Crippen LogP contribution in [0.25, 0.3) is 11.1 Å². The van der Waals surface area contributed by atoms with Gasteiger partial charge in [0.05, 0.1) is 32.0 Å². The SMILES string of the molecule is C=CCOCCOCCOc1ccc(-c2ccc(C(=O)O)cc2)cc1. The van der Waals surface area contributed by atoms with E-state index in [2.05, 4.69) is 6.58 Å². The van der Waals surface area contributed by atoms with Crippen molar-refractivity contribution < 1.29 is 24.1 Å². The van der Waals surface area contributed by atoms with Crippen LogP contribution in [-0.2, 0) is 9.47 Å². The Morgan fingerprint density at radius 1 is 0.880 bits per heavy atom. The van der Waals surface area contributed by atoms with Gasteiger partial charge in [-0.2, -0.15) is 0 Å². The van der Waals surface area contributed by atoms with Gasteiger partial charge in [-0.05, 0) is 35.4 Å². The lowest BCUT2D eigenvalue weighted by Crippen LogP contribution is -2.10. The van der Waals surface area contributed by atoms with Gasteiger partial charge >= 0.3 is 5.97 Å². The van der Waals surface area contributed by atoms with E-state index in [0.717, 1.165) is 16.9 Å². The highest BCUT2D eigenvalue weighted by Gasteiger charge is 2.03. The van der Waals surface area contributed by atoms with E-state index in [9.17, 15) is 4.79 Å². The lowest BCUT2D eigenvalue weighted by molar-refractivity contribution is 0.0449. The van der Waals surface area contributed by atoms with Gasteiger partial charge < -0.3 is 19.3 Å². The van der Waals surface area contributed by atoms with Crippen LogP contribution in [0.1, 0.15) is 10.4 Å². The molecule has 0 aliphatic rings. The zero-order valence-corrected chi connectivity index (χ0v) is 14.0. The fourth-order valence-electron chi connectivity index (χ4n) is 2.15. The quantitative estimate of drug-likeness (QED) is 0.499. The molecule has 0 spiro atoms. The van der Waals surface area contributed by atoms with Crippen LogP contribution in [0.3, 0.4) is 0 Å². The molecule has 0 amide bonds. The maximum absolute atomic E-state index is 10.9. The van der Waals surface area contributed by atoms with E-state index in [-0.39, 0.29) is 5.56 Å².